The number of halogens is 1. The van der Waals surface area contributed by atoms with Gasteiger partial charge < -0.3 is 14.8 Å². The van der Waals surface area contributed by atoms with Crippen molar-refractivity contribution in [1.82, 2.24) is 5.43 Å². The van der Waals surface area contributed by atoms with Gasteiger partial charge in [-0.15, -0.1) is 0 Å². The Morgan fingerprint density at radius 2 is 1.96 bits per heavy atom. The van der Waals surface area contributed by atoms with E-state index >= 15 is 0 Å². The lowest BCUT2D eigenvalue weighted by atomic mass is 10.2. The molecule has 0 heterocycles. The Balaban J connectivity index is 1.97. The van der Waals surface area contributed by atoms with E-state index in [1.54, 1.807) is 42.5 Å². The number of anilines is 1. The van der Waals surface area contributed by atoms with Crippen LogP contribution in [0.3, 0.4) is 0 Å². The van der Waals surface area contributed by atoms with Gasteiger partial charge in [-0.3, -0.25) is 9.59 Å². The van der Waals surface area contributed by atoms with Crippen LogP contribution in [0.25, 0.3) is 0 Å². The highest BCUT2D eigenvalue weighted by atomic mass is 79.9. The molecule has 7 nitrogen and oxygen atoms in total. The van der Waals surface area contributed by atoms with Crippen LogP contribution in [0, 0.1) is 0 Å². The Bertz CT molecular complexity index is 884. The summed E-state index contributed by atoms with van der Waals surface area (Å²) in [7, 11) is 0. The van der Waals surface area contributed by atoms with E-state index in [1.165, 1.54) is 6.21 Å². The first-order chi connectivity index (χ1) is 13.5. The normalized spacial score (nSPS) is 10.4. The summed E-state index contributed by atoms with van der Waals surface area (Å²) < 4.78 is 11.8. The molecule has 0 aliphatic carbocycles. The third-order valence-electron chi connectivity index (χ3n) is 3.29. The van der Waals surface area contributed by atoms with Crippen LogP contribution in [0.4, 0.5) is 5.69 Å². The van der Waals surface area contributed by atoms with E-state index in [-0.39, 0.29) is 0 Å². The largest absolute Gasteiger partial charge is 0.490 e. The summed E-state index contributed by atoms with van der Waals surface area (Å²) in [6.45, 7) is 6.30. The number of ether oxygens (including phenoxy) is 2. The van der Waals surface area contributed by atoms with Crippen LogP contribution in [0.5, 0.6) is 11.5 Å². The maximum Gasteiger partial charge on any atom is 0.329 e. The van der Waals surface area contributed by atoms with Crippen molar-refractivity contribution in [3.05, 3.63) is 65.2 Å². The Morgan fingerprint density at radius 3 is 2.68 bits per heavy atom. The SMILES string of the molecule is C=CCOc1ccc(C=NNC(=O)C(=O)Nc2cccc(Br)c2)cc1OCC. The van der Waals surface area contributed by atoms with E-state index in [2.05, 4.69) is 38.4 Å². The van der Waals surface area contributed by atoms with Crippen LogP contribution in [0.2, 0.25) is 0 Å². The molecule has 2 aromatic rings. The molecule has 2 amide bonds. The van der Waals surface area contributed by atoms with Gasteiger partial charge in [0, 0.05) is 10.2 Å². The second kappa shape index (κ2) is 10.9. The number of amides is 2. The van der Waals surface area contributed by atoms with Crippen molar-refractivity contribution < 1.29 is 19.1 Å². The summed E-state index contributed by atoms with van der Waals surface area (Å²) in [5, 5.41) is 6.29. The lowest BCUT2D eigenvalue weighted by Crippen LogP contribution is -2.32. The number of hydrazone groups is 1. The average molecular weight is 446 g/mol. The van der Waals surface area contributed by atoms with Crippen molar-refractivity contribution >= 4 is 39.6 Å². The van der Waals surface area contributed by atoms with Gasteiger partial charge in [-0.1, -0.05) is 34.7 Å². The zero-order valence-electron chi connectivity index (χ0n) is 15.3. The zero-order valence-corrected chi connectivity index (χ0v) is 16.9. The number of rotatable bonds is 8. The van der Waals surface area contributed by atoms with Gasteiger partial charge in [-0.2, -0.15) is 5.10 Å². The van der Waals surface area contributed by atoms with Gasteiger partial charge in [-0.25, -0.2) is 5.43 Å². The van der Waals surface area contributed by atoms with Crippen LogP contribution < -0.4 is 20.2 Å². The highest BCUT2D eigenvalue weighted by Gasteiger charge is 2.13. The van der Waals surface area contributed by atoms with Crippen molar-refractivity contribution in [2.75, 3.05) is 18.5 Å². The third-order valence-corrected chi connectivity index (χ3v) is 3.79. The van der Waals surface area contributed by atoms with Crippen molar-refractivity contribution in [3.8, 4) is 11.5 Å². The van der Waals surface area contributed by atoms with E-state index in [9.17, 15) is 9.59 Å². The van der Waals surface area contributed by atoms with Crippen LogP contribution in [0.1, 0.15) is 12.5 Å². The second-order valence-electron chi connectivity index (χ2n) is 5.40. The standard InChI is InChI=1S/C20H20BrN3O4/c1-3-10-28-17-9-8-14(11-18(17)27-4-2)13-22-24-20(26)19(25)23-16-7-5-6-15(21)12-16/h3,5-9,11-13H,1,4,10H2,2H3,(H,23,25)(H,24,26). The third kappa shape index (κ3) is 6.55. The number of hydrogen-bond donors (Lipinski definition) is 2. The fraction of sp³-hybridized carbons (Fsp3) is 0.150. The maximum absolute atomic E-state index is 11.9. The molecule has 8 heteroatoms. The molecule has 0 saturated carbocycles. The van der Waals surface area contributed by atoms with Gasteiger partial charge in [0.15, 0.2) is 11.5 Å². The van der Waals surface area contributed by atoms with Crippen LogP contribution >= 0.6 is 15.9 Å². The predicted octanol–water partition coefficient (Wildman–Crippen LogP) is 3.50. The summed E-state index contributed by atoms with van der Waals surface area (Å²) in [4.78, 5) is 23.8. The summed E-state index contributed by atoms with van der Waals surface area (Å²) in [6, 6.07) is 12.1. The van der Waals surface area contributed by atoms with E-state index in [1.807, 2.05) is 13.0 Å². The molecule has 0 aromatic heterocycles. The Labute approximate surface area is 171 Å². The molecule has 0 aliphatic heterocycles. The van der Waals surface area contributed by atoms with Crippen LogP contribution in [-0.2, 0) is 9.59 Å². The summed E-state index contributed by atoms with van der Waals surface area (Å²) in [6.07, 6.45) is 3.05. The van der Waals surface area contributed by atoms with Gasteiger partial charge in [0.25, 0.3) is 0 Å². The van der Waals surface area contributed by atoms with Crippen molar-refractivity contribution in [2.24, 2.45) is 5.10 Å². The number of carbonyl (C=O) groups excluding carboxylic acids is 2. The number of carbonyl (C=O) groups is 2. The smallest absolute Gasteiger partial charge is 0.329 e. The first-order valence-electron chi connectivity index (χ1n) is 8.44. The fourth-order valence-corrected chi connectivity index (χ4v) is 2.51. The van der Waals surface area contributed by atoms with E-state index in [0.29, 0.717) is 36.0 Å². The minimum atomic E-state index is -0.882. The molecule has 0 spiro atoms. The predicted molar refractivity (Wildman–Crippen MR) is 112 cm³/mol. The molecular weight excluding hydrogens is 426 g/mol. The van der Waals surface area contributed by atoms with Gasteiger partial charge in [0.05, 0.1) is 12.8 Å². The highest BCUT2D eigenvalue weighted by Crippen LogP contribution is 2.28. The lowest BCUT2D eigenvalue weighted by Gasteiger charge is -2.11. The summed E-state index contributed by atoms with van der Waals surface area (Å²) >= 11 is 3.29. The van der Waals surface area contributed by atoms with E-state index in [0.717, 1.165) is 4.47 Å². The molecule has 0 fully saturated rings. The van der Waals surface area contributed by atoms with E-state index < -0.39 is 11.8 Å². The Morgan fingerprint density at radius 1 is 1.14 bits per heavy atom. The number of benzene rings is 2. The molecule has 0 atom stereocenters. The monoisotopic (exact) mass is 445 g/mol. The minimum Gasteiger partial charge on any atom is -0.490 e. The molecule has 2 rings (SSSR count). The summed E-state index contributed by atoms with van der Waals surface area (Å²) in [5.74, 6) is -0.575. The first kappa shape index (κ1) is 21.2. The van der Waals surface area contributed by atoms with Gasteiger partial charge in [0.2, 0.25) is 0 Å². The lowest BCUT2D eigenvalue weighted by molar-refractivity contribution is -0.136. The average Bonchev–Trinajstić information content (AvgIpc) is 2.67. The molecule has 0 unspecified atom stereocenters. The quantitative estimate of drug-likeness (QED) is 0.281. The minimum absolute atomic E-state index is 0.358. The number of hydrogen-bond acceptors (Lipinski definition) is 5. The van der Waals surface area contributed by atoms with Crippen molar-refractivity contribution in [1.29, 1.82) is 0 Å². The van der Waals surface area contributed by atoms with Crippen LogP contribution in [0.15, 0.2) is 64.7 Å². The summed E-state index contributed by atoms with van der Waals surface area (Å²) in [5.41, 5.74) is 3.35. The molecule has 0 radical (unpaired) electrons. The van der Waals surface area contributed by atoms with Gasteiger partial charge in [-0.05, 0) is 48.9 Å². The zero-order chi connectivity index (χ0) is 20.4. The van der Waals surface area contributed by atoms with Gasteiger partial charge >= 0.3 is 11.8 Å². The molecule has 28 heavy (non-hydrogen) atoms. The molecule has 2 N–H and O–H groups in total. The molecule has 0 saturated heterocycles. The first-order valence-corrected chi connectivity index (χ1v) is 9.23. The Hall–Kier alpha value is -3.13. The fourth-order valence-electron chi connectivity index (χ4n) is 2.11. The maximum atomic E-state index is 11.9. The van der Waals surface area contributed by atoms with Gasteiger partial charge in [0.1, 0.15) is 6.61 Å². The van der Waals surface area contributed by atoms with Crippen molar-refractivity contribution in [3.63, 3.8) is 0 Å². The van der Waals surface area contributed by atoms with Crippen LogP contribution in [-0.4, -0.2) is 31.2 Å². The van der Waals surface area contributed by atoms with Crippen molar-refractivity contribution in [2.45, 2.75) is 6.92 Å². The highest BCUT2D eigenvalue weighted by molar-refractivity contribution is 9.10. The molecule has 146 valence electrons. The molecule has 0 aliphatic rings. The number of nitrogens with one attached hydrogen (secondary N) is 2. The molecule has 2 aromatic carbocycles. The number of nitrogens with zero attached hydrogens (tertiary/aromatic N) is 1. The topological polar surface area (TPSA) is 89.0 Å². The molecular formula is C20H20BrN3O4. The molecule has 0 bridgehead atoms. The Kier molecular flexibility index (Phi) is 8.23. The van der Waals surface area contributed by atoms with E-state index in [4.69, 9.17) is 9.47 Å². The second-order valence-corrected chi connectivity index (χ2v) is 6.32.